The molecule has 2 saturated heterocycles. The molecule has 1 unspecified atom stereocenters. The first-order chi connectivity index (χ1) is 15.6. The van der Waals surface area contributed by atoms with Crippen LogP contribution in [0.4, 0.5) is 4.39 Å². The molecule has 4 heteroatoms. The van der Waals surface area contributed by atoms with Crippen LogP contribution in [0.3, 0.4) is 0 Å². The zero-order valence-electron chi connectivity index (χ0n) is 18.7. The van der Waals surface area contributed by atoms with E-state index in [0.717, 1.165) is 61.9 Å². The van der Waals surface area contributed by atoms with Gasteiger partial charge in [0, 0.05) is 25.2 Å². The number of carbonyl (C=O) groups excluding carboxylic acids is 1. The average molecular weight is 431 g/mol. The number of nitrogens with zero attached hydrogens (tertiary/aromatic N) is 2. The van der Waals surface area contributed by atoms with Gasteiger partial charge in [-0.1, -0.05) is 55.5 Å². The maximum atomic E-state index is 13.4. The number of halogens is 1. The third kappa shape index (κ3) is 4.29. The Hall–Kier alpha value is -2.72. The second-order valence-electron chi connectivity index (χ2n) is 9.60. The molecule has 2 fully saturated rings. The summed E-state index contributed by atoms with van der Waals surface area (Å²) in [6, 6.07) is 21.2. The van der Waals surface area contributed by atoms with Crippen molar-refractivity contribution in [3.63, 3.8) is 0 Å². The van der Waals surface area contributed by atoms with Crippen LogP contribution in [0, 0.1) is 17.7 Å². The van der Waals surface area contributed by atoms with E-state index in [2.05, 4.69) is 28.9 Å². The minimum absolute atomic E-state index is 0.158. The standard InChI is InChI=1S/C28H31FN2O/c1-20-17-31(28(32)27-8-4-6-23-5-2-3-7-26(23)27)19-24(20)18-30-15-13-22(14-16-30)21-9-11-25(29)12-10-21/h2-12,20,22,24H,13-19H2,1H3/t20-,24?/m1/s1. The molecular formula is C28H31FN2O. The van der Waals surface area contributed by atoms with Crippen LogP contribution in [0.25, 0.3) is 10.8 Å². The third-order valence-electron chi connectivity index (χ3n) is 7.50. The molecule has 0 saturated carbocycles. The lowest BCUT2D eigenvalue weighted by Gasteiger charge is -2.34. The first-order valence-corrected chi connectivity index (χ1v) is 11.8. The van der Waals surface area contributed by atoms with Gasteiger partial charge in [0.15, 0.2) is 0 Å². The normalized spacial score (nSPS) is 22.5. The lowest BCUT2D eigenvalue weighted by Crippen LogP contribution is -2.38. The SMILES string of the molecule is C[C@@H]1CN(C(=O)c2cccc3ccccc23)CC1CN1CCC(c2ccc(F)cc2)CC1. The van der Waals surface area contributed by atoms with Gasteiger partial charge in [0.1, 0.15) is 5.82 Å². The van der Waals surface area contributed by atoms with Crippen molar-refractivity contribution in [3.8, 4) is 0 Å². The molecule has 5 rings (SSSR count). The molecule has 2 heterocycles. The van der Waals surface area contributed by atoms with E-state index >= 15 is 0 Å². The predicted octanol–water partition coefficient (Wildman–Crippen LogP) is 5.57. The van der Waals surface area contributed by atoms with Crippen LogP contribution >= 0.6 is 0 Å². The molecule has 32 heavy (non-hydrogen) atoms. The maximum absolute atomic E-state index is 13.4. The summed E-state index contributed by atoms with van der Waals surface area (Å²) in [4.78, 5) is 18.0. The number of fused-ring (bicyclic) bond motifs is 1. The molecule has 0 spiro atoms. The van der Waals surface area contributed by atoms with Crippen molar-refractivity contribution in [1.29, 1.82) is 0 Å². The van der Waals surface area contributed by atoms with Crippen molar-refractivity contribution in [2.75, 3.05) is 32.7 Å². The van der Waals surface area contributed by atoms with Gasteiger partial charge in [0.25, 0.3) is 5.91 Å². The highest BCUT2D eigenvalue weighted by molar-refractivity contribution is 6.07. The van der Waals surface area contributed by atoms with E-state index in [4.69, 9.17) is 0 Å². The summed E-state index contributed by atoms with van der Waals surface area (Å²) in [5.74, 6) is 1.53. The van der Waals surface area contributed by atoms with Crippen LogP contribution in [-0.4, -0.2) is 48.4 Å². The molecule has 166 valence electrons. The van der Waals surface area contributed by atoms with Crippen LogP contribution < -0.4 is 0 Å². The fourth-order valence-corrected chi connectivity index (χ4v) is 5.54. The quantitative estimate of drug-likeness (QED) is 0.540. The third-order valence-corrected chi connectivity index (χ3v) is 7.50. The molecule has 2 atom stereocenters. The Labute approximate surface area is 189 Å². The van der Waals surface area contributed by atoms with E-state index in [1.54, 1.807) is 12.1 Å². The number of hydrogen-bond acceptors (Lipinski definition) is 2. The molecule has 0 aromatic heterocycles. The van der Waals surface area contributed by atoms with Gasteiger partial charge in [0.05, 0.1) is 0 Å². The second kappa shape index (κ2) is 9.03. The van der Waals surface area contributed by atoms with Gasteiger partial charge in [-0.05, 0) is 78.2 Å². The summed E-state index contributed by atoms with van der Waals surface area (Å²) in [6.07, 6.45) is 2.23. The van der Waals surface area contributed by atoms with Crippen molar-refractivity contribution in [1.82, 2.24) is 9.80 Å². The van der Waals surface area contributed by atoms with Gasteiger partial charge >= 0.3 is 0 Å². The minimum Gasteiger partial charge on any atom is -0.338 e. The van der Waals surface area contributed by atoms with Gasteiger partial charge in [0.2, 0.25) is 0 Å². The van der Waals surface area contributed by atoms with Gasteiger partial charge < -0.3 is 9.80 Å². The molecule has 1 amide bonds. The van der Waals surface area contributed by atoms with Crippen LogP contribution in [0.15, 0.2) is 66.7 Å². The van der Waals surface area contributed by atoms with Crippen molar-refractivity contribution in [2.45, 2.75) is 25.7 Å². The minimum atomic E-state index is -0.163. The van der Waals surface area contributed by atoms with E-state index in [0.29, 0.717) is 17.8 Å². The number of likely N-dealkylation sites (tertiary alicyclic amines) is 2. The molecule has 3 aromatic rings. The Kier molecular flexibility index (Phi) is 5.97. The molecule has 0 radical (unpaired) electrons. The number of carbonyl (C=O) groups is 1. The van der Waals surface area contributed by atoms with Crippen LogP contribution in [-0.2, 0) is 0 Å². The molecule has 2 aliphatic rings. The number of benzene rings is 3. The van der Waals surface area contributed by atoms with Crippen molar-refractivity contribution in [3.05, 3.63) is 83.7 Å². The first-order valence-electron chi connectivity index (χ1n) is 11.8. The highest BCUT2D eigenvalue weighted by Crippen LogP contribution is 2.31. The fourth-order valence-electron chi connectivity index (χ4n) is 5.54. The van der Waals surface area contributed by atoms with Gasteiger partial charge in [-0.3, -0.25) is 4.79 Å². The van der Waals surface area contributed by atoms with Crippen molar-refractivity contribution >= 4 is 16.7 Å². The Morgan fingerprint density at radius 2 is 1.66 bits per heavy atom. The maximum Gasteiger partial charge on any atom is 0.254 e. The second-order valence-corrected chi connectivity index (χ2v) is 9.60. The van der Waals surface area contributed by atoms with Crippen LogP contribution in [0.1, 0.15) is 41.6 Å². The summed E-state index contributed by atoms with van der Waals surface area (Å²) in [6.45, 7) is 7.15. The van der Waals surface area contributed by atoms with Gasteiger partial charge in [-0.25, -0.2) is 4.39 Å². The number of piperidine rings is 1. The summed E-state index contributed by atoms with van der Waals surface area (Å²) in [5.41, 5.74) is 2.07. The molecule has 0 bridgehead atoms. The topological polar surface area (TPSA) is 23.6 Å². The zero-order chi connectivity index (χ0) is 22.1. The van der Waals surface area contributed by atoms with Crippen molar-refractivity contribution in [2.24, 2.45) is 11.8 Å². The summed E-state index contributed by atoms with van der Waals surface area (Å²) < 4.78 is 13.2. The first kappa shape index (κ1) is 21.1. The fraction of sp³-hybridized carbons (Fsp3) is 0.393. The lowest BCUT2D eigenvalue weighted by molar-refractivity contribution is 0.0782. The van der Waals surface area contributed by atoms with E-state index < -0.39 is 0 Å². The molecule has 3 aromatic carbocycles. The lowest BCUT2D eigenvalue weighted by atomic mass is 9.88. The highest BCUT2D eigenvalue weighted by Gasteiger charge is 2.35. The molecule has 0 aliphatic carbocycles. The average Bonchev–Trinajstić information content (AvgIpc) is 3.19. The molecule has 0 N–H and O–H groups in total. The van der Waals surface area contributed by atoms with E-state index in [1.165, 1.54) is 5.56 Å². The smallest absolute Gasteiger partial charge is 0.254 e. The van der Waals surface area contributed by atoms with Crippen molar-refractivity contribution < 1.29 is 9.18 Å². The monoisotopic (exact) mass is 430 g/mol. The van der Waals surface area contributed by atoms with E-state index in [-0.39, 0.29) is 11.7 Å². The van der Waals surface area contributed by atoms with Crippen LogP contribution in [0.5, 0.6) is 0 Å². The Bertz CT molecular complexity index is 1080. The van der Waals surface area contributed by atoms with Crippen LogP contribution in [0.2, 0.25) is 0 Å². The van der Waals surface area contributed by atoms with Gasteiger partial charge in [-0.2, -0.15) is 0 Å². The Morgan fingerprint density at radius 3 is 2.44 bits per heavy atom. The Morgan fingerprint density at radius 1 is 0.938 bits per heavy atom. The van der Waals surface area contributed by atoms with E-state index in [1.807, 2.05) is 42.5 Å². The molecule has 2 aliphatic heterocycles. The number of hydrogen-bond donors (Lipinski definition) is 0. The summed E-state index contributed by atoms with van der Waals surface area (Å²) >= 11 is 0. The highest BCUT2D eigenvalue weighted by atomic mass is 19.1. The zero-order valence-corrected chi connectivity index (χ0v) is 18.7. The number of rotatable bonds is 4. The summed E-state index contributed by atoms with van der Waals surface area (Å²) in [7, 11) is 0. The van der Waals surface area contributed by atoms with Gasteiger partial charge in [-0.15, -0.1) is 0 Å². The predicted molar refractivity (Wildman–Crippen MR) is 127 cm³/mol. The molecule has 3 nitrogen and oxygen atoms in total. The number of amides is 1. The van der Waals surface area contributed by atoms with E-state index in [9.17, 15) is 9.18 Å². The Balaban J connectivity index is 1.20. The summed E-state index contributed by atoms with van der Waals surface area (Å²) in [5, 5.41) is 2.16. The molecular weight excluding hydrogens is 399 g/mol. The largest absolute Gasteiger partial charge is 0.338 e.